The van der Waals surface area contributed by atoms with Gasteiger partial charge in [0, 0.05) is 62.5 Å². The third kappa shape index (κ3) is 4.29. The molecule has 5 heteroatoms. The summed E-state index contributed by atoms with van der Waals surface area (Å²) in [6, 6.07) is 8.51. The topological polar surface area (TPSA) is 28.6 Å². The molecule has 134 valence electrons. The molecule has 0 unspecified atom stereocenters. The normalized spacial score (nSPS) is 22.5. The fourth-order valence-corrected chi connectivity index (χ4v) is 4.79. The Kier molecular flexibility index (Phi) is 5.46. The van der Waals surface area contributed by atoms with Crippen LogP contribution in [0.5, 0.6) is 0 Å². The molecule has 0 bridgehead atoms. The highest BCUT2D eigenvalue weighted by Gasteiger charge is 2.23. The molecule has 2 aromatic rings. The first kappa shape index (κ1) is 17.2. The summed E-state index contributed by atoms with van der Waals surface area (Å²) in [6.45, 7) is 9.85. The lowest BCUT2D eigenvalue weighted by atomic mass is 10.1. The molecular weight excluding hydrogens is 330 g/mol. The zero-order chi connectivity index (χ0) is 17.1. The van der Waals surface area contributed by atoms with Gasteiger partial charge in [0.1, 0.15) is 5.01 Å². The molecule has 1 aromatic heterocycles. The minimum atomic E-state index is 0.477. The smallest absolute Gasteiger partial charge is 0.123 e. The van der Waals surface area contributed by atoms with Gasteiger partial charge in [-0.3, -0.25) is 9.80 Å². The van der Waals surface area contributed by atoms with E-state index in [0.29, 0.717) is 6.10 Å². The van der Waals surface area contributed by atoms with Crippen LogP contribution in [0.3, 0.4) is 0 Å². The zero-order valence-electron chi connectivity index (χ0n) is 15.0. The monoisotopic (exact) mass is 357 g/mol. The molecule has 2 saturated heterocycles. The fraction of sp³-hybridized carbons (Fsp3) is 0.550. The Morgan fingerprint density at radius 1 is 1.16 bits per heavy atom. The average Bonchev–Trinajstić information content (AvgIpc) is 3.29. The molecule has 0 spiro atoms. The van der Waals surface area contributed by atoms with Gasteiger partial charge in [-0.1, -0.05) is 24.3 Å². The van der Waals surface area contributed by atoms with E-state index in [9.17, 15) is 0 Å². The van der Waals surface area contributed by atoms with Gasteiger partial charge in [-0.05, 0) is 25.3 Å². The molecule has 0 aliphatic carbocycles. The van der Waals surface area contributed by atoms with Crippen LogP contribution >= 0.6 is 11.3 Å². The van der Waals surface area contributed by atoms with Crippen molar-refractivity contribution in [3.05, 3.63) is 40.9 Å². The molecule has 2 aliphatic rings. The number of thiazole rings is 1. The number of aromatic nitrogens is 1. The predicted molar refractivity (Wildman–Crippen MR) is 103 cm³/mol. The molecule has 3 heterocycles. The number of hydrogen-bond donors (Lipinski definition) is 0. The van der Waals surface area contributed by atoms with Crippen molar-refractivity contribution in [2.75, 3.05) is 39.3 Å². The van der Waals surface area contributed by atoms with Gasteiger partial charge in [0.05, 0.1) is 6.10 Å². The number of hydrogen-bond acceptors (Lipinski definition) is 5. The maximum Gasteiger partial charge on any atom is 0.123 e. The van der Waals surface area contributed by atoms with Crippen molar-refractivity contribution in [3.8, 4) is 10.6 Å². The molecule has 0 radical (unpaired) electrons. The first-order chi connectivity index (χ1) is 12.3. The van der Waals surface area contributed by atoms with Crippen LogP contribution in [0.2, 0.25) is 0 Å². The Bertz CT molecular complexity index is 688. The summed E-state index contributed by atoms with van der Waals surface area (Å²) in [5.41, 5.74) is 2.56. The van der Waals surface area contributed by atoms with Gasteiger partial charge >= 0.3 is 0 Å². The number of ether oxygens (including phenoxy) is 1. The summed E-state index contributed by atoms with van der Waals surface area (Å²) in [5, 5.41) is 1.14. The van der Waals surface area contributed by atoms with Crippen LogP contribution in [0, 0.1) is 6.92 Å². The highest BCUT2D eigenvalue weighted by molar-refractivity contribution is 7.15. The summed E-state index contributed by atoms with van der Waals surface area (Å²) in [5.74, 6) is 0. The highest BCUT2D eigenvalue weighted by atomic mass is 32.1. The van der Waals surface area contributed by atoms with E-state index < -0.39 is 0 Å². The number of aryl methyl sites for hydroxylation is 1. The maximum absolute atomic E-state index is 5.77. The van der Waals surface area contributed by atoms with Crippen molar-refractivity contribution < 1.29 is 4.74 Å². The SMILES string of the molecule is Cc1ccccc1-c1ncc(CN2CCN(C[C@@H]3CCCO3)CC2)s1. The van der Waals surface area contributed by atoms with E-state index >= 15 is 0 Å². The number of piperazine rings is 1. The molecule has 4 rings (SSSR count). The minimum Gasteiger partial charge on any atom is -0.377 e. The second kappa shape index (κ2) is 7.96. The van der Waals surface area contributed by atoms with Gasteiger partial charge in [0.2, 0.25) is 0 Å². The van der Waals surface area contributed by atoms with E-state index in [0.717, 1.165) is 50.9 Å². The minimum absolute atomic E-state index is 0.477. The van der Waals surface area contributed by atoms with Gasteiger partial charge in [0.25, 0.3) is 0 Å². The first-order valence-corrected chi connectivity index (χ1v) is 10.2. The van der Waals surface area contributed by atoms with E-state index in [-0.39, 0.29) is 0 Å². The second-order valence-corrected chi connectivity index (χ2v) is 8.27. The van der Waals surface area contributed by atoms with E-state index in [1.807, 2.05) is 11.3 Å². The molecule has 25 heavy (non-hydrogen) atoms. The molecule has 1 atom stereocenters. The van der Waals surface area contributed by atoms with E-state index in [4.69, 9.17) is 4.74 Å². The van der Waals surface area contributed by atoms with Crippen LogP contribution in [-0.4, -0.2) is 60.2 Å². The standard InChI is InChI=1S/C20H27N3OS/c1-16-5-2-3-7-19(16)20-21-13-18(25-20)15-23-10-8-22(9-11-23)14-17-6-4-12-24-17/h2-3,5,7,13,17H,4,6,8-12,14-15H2,1H3/t17-/m0/s1. The predicted octanol–water partition coefficient (Wildman–Crippen LogP) is 3.42. The number of rotatable bonds is 5. The fourth-order valence-electron chi connectivity index (χ4n) is 3.74. The summed E-state index contributed by atoms with van der Waals surface area (Å²) < 4.78 is 5.77. The van der Waals surface area contributed by atoms with Crippen molar-refractivity contribution in [2.45, 2.75) is 32.4 Å². The van der Waals surface area contributed by atoms with Crippen molar-refractivity contribution >= 4 is 11.3 Å². The van der Waals surface area contributed by atoms with Crippen LogP contribution in [0.1, 0.15) is 23.3 Å². The Morgan fingerprint density at radius 3 is 2.72 bits per heavy atom. The number of benzene rings is 1. The summed E-state index contributed by atoms with van der Waals surface area (Å²) >= 11 is 1.83. The molecule has 0 saturated carbocycles. The lowest BCUT2D eigenvalue weighted by molar-refractivity contribution is 0.0491. The van der Waals surface area contributed by atoms with E-state index in [1.54, 1.807) is 0 Å². The Labute approximate surface area is 154 Å². The first-order valence-electron chi connectivity index (χ1n) is 9.35. The van der Waals surface area contributed by atoms with Crippen LogP contribution in [0.25, 0.3) is 10.6 Å². The quantitative estimate of drug-likeness (QED) is 0.820. The van der Waals surface area contributed by atoms with Gasteiger partial charge in [-0.2, -0.15) is 0 Å². The van der Waals surface area contributed by atoms with Crippen LogP contribution in [-0.2, 0) is 11.3 Å². The zero-order valence-corrected chi connectivity index (χ0v) is 15.8. The Hall–Kier alpha value is -1.27. The average molecular weight is 358 g/mol. The molecule has 0 amide bonds. The summed E-state index contributed by atoms with van der Waals surface area (Å²) in [6.07, 6.45) is 5.01. The van der Waals surface area contributed by atoms with Gasteiger partial charge < -0.3 is 4.74 Å². The largest absolute Gasteiger partial charge is 0.377 e. The van der Waals surface area contributed by atoms with E-state index in [2.05, 4.69) is 52.2 Å². The summed E-state index contributed by atoms with van der Waals surface area (Å²) in [7, 11) is 0. The Balaban J connectivity index is 1.29. The molecular formula is C20H27N3OS. The third-order valence-corrected chi connectivity index (χ3v) is 6.27. The third-order valence-electron chi connectivity index (χ3n) is 5.26. The number of nitrogens with zero attached hydrogens (tertiary/aromatic N) is 3. The molecule has 2 fully saturated rings. The molecule has 4 nitrogen and oxygen atoms in total. The maximum atomic E-state index is 5.77. The van der Waals surface area contributed by atoms with Crippen molar-refractivity contribution in [1.29, 1.82) is 0 Å². The van der Waals surface area contributed by atoms with Gasteiger partial charge in [0.15, 0.2) is 0 Å². The van der Waals surface area contributed by atoms with Crippen molar-refractivity contribution in [3.63, 3.8) is 0 Å². The second-order valence-electron chi connectivity index (χ2n) is 7.16. The summed E-state index contributed by atoms with van der Waals surface area (Å²) in [4.78, 5) is 11.2. The van der Waals surface area contributed by atoms with Gasteiger partial charge in [-0.25, -0.2) is 4.98 Å². The highest BCUT2D eigenvalue weighted by Crippen LogP contribution is 2.28. The lowest BCUT2D eigenvalue weighted by Crippen LogP contribution is -2.47. The molecule has 0 N–H and O–H groups in total. The van der Waals surface area contributed by atoms with Crippen LogP contribution in [0.15, 0.2) is 30.5 Å². The van der Waals surface area contributed by atoms with Crippen LogP contribution < -0.4 is 0 Å². The molecule has 2 aliphatic heterocycles. The van der Waals surface area contributed by atoms with Gasteiger partial charge in [-0.15, -0.1) is 11.3 Å². The van der Waals surface area contributed by atoms with Crippen molar-refractivity contribution in [2.24, 2.45) is 0 Å². The molecule has 1 aromatic carbocycles. The van der Waals surface area contributed by atoms with E-state index in [1.165, 1.54) is 28.8 Å². The lowest BCUT2D eigenvalue weighted by Gasteiger charge is -2.35. The Morgan fingerprint density at radius 2 is 1.96 bits per heavy atom. The van der Waals surface area contributed by atoms with Crippen molar-refractivity contribution in [1.82, 2.24) is 14.8 Å². The van der Waals surface area contributed by atoms with Crippen LogP contribution in [0.4, 0.5) is 0 Å².